The zero-order valence-corrected chi connectivity index (χ0v) is 13.8. The number of benzene rings is 1. The lowest BCUT2D eigenvalue weighted by atomic mass is 10.2. The minimum atomic E-state index is -0.870. The van der Waals surface area contributed by atoms with Crippen LogP contribution in [0.15, 0.2) is 41.0 Å². The Bertz CT molecular complexity index is 836. The van der Waals surface area contributed by atoms with Crippen LogP contribution in [0.1, 0.15) is 10.6 Å². The average Bonchev–Trinajstić information content (AvgIpc) is 3.14. The molecule has 2 amide bonds. The minimum absolute atomic E-state index is 0.0191. The predicted octanol–water partition coefficient (Wildman–Crippen LogP) is 1.75. The number of hydrogen-bond acceptors (Lipinski definition) is 7. The topological polar surface area (TPSA) is 141 Å². The van der Waals surface area contributed by atoms with Crippen LogP contribution < -0.4 is 10.6 Å². The summed E-state index contributed by atoms with van der Waals surface area (Å²) < 4.78 is 9.51. The monoisotopic (exact) mass is 381 g/mol. The highest BCUT2D eigenvalue weighted by Gasteiger charge is 2.17. The highest BCUT2D eigenvalue weighted by molar-refractivity contribution is 6.31. The highest BCUT2D eigenvalue weighted by atomic mass is 35.5. The van der Waals surface area contributed by atoms with Gasteiger partial charge < -0.3 is 19.8 Å². The molecule has 0 aliphatic heterocycles. The SMILES string of the molecule is O=C(COC(=O)CNC(=O)c1ccco1)Nc1ccc(Cl)cc1[N+](=O)[O-]. The molecule has 1 heterocycles. The predicted molar refractivity (Wildman–Crippen MR) is 88.7 cm³/mol. The number of furan rings is 1. The minimum Gasteiger partial charge on any atom is -0.459 e. The van der Waals surface area contributed by atoms with Gasteiger partial charge in [-0.1, -0.05) is 11.6 Å². The molecule has 0 aliphatic carbocycles. The van der Waals surface area contributed by atoms with E-state index in [0.717, 1.165) is 6.07 Å². The lowest BCUT2D eigenvalue weighted by Gasteiger charge is -2.08. The Morgan fingerprint density at radius 1 is 1.27 bits per heavy atom. The van der Waals surface area contributed by atoms with Crippen LogP contribution in [0.4, 0.5) is 11.4 Å². The molecule has 0 spiro atoms. The molecule has 0 unspecified atom stereocenters. The molecule has 0 saturated heterocycles. The first-order chi connectivity index (χ1) is 12.4. The number of ether oxygens (including phenoxy) is 1. The number of nitrogens with zero attached hydrogens (tertiary/aromatic N) is 1. The Morgan fingerprint density at radius 2 is 2.04 bits per heavy atom. The van der Waals surface area contributed by atoms with Gasteiger partial charge in [0.05, 0.1) is 11.2 Å². The normalized spacial score (nSPS) is 10.0. The van der Waals surface area contributed by atoms with Crippen LogP contribution in [0.5, 0.6) is 0 Å². The molecular weight excluding hydrogens is 370 g/mol. The molecule has 0 saturated carbocycles. The van der Waals surface area contributed by atoms with Crippen LogP contribution in [-0.4, -0.2) is 35.9 Å². The number of esters is 1. The molecule has 2 N–H and O–H groups in total. The molecule has 136 valence electrons. The van der Waals surface area contributed by atoms with Gasteiger partial charge >= 0.3 is 5.97 Å². The highest BCUT2D eigenvalue weighted by Crippen LogP contribution is 2.27. The van der Waals surface area contributed by atoms with Crippen LogP contribution in [0.3, 0.4) is 0 Å². The van der Waals surface area contributed by atoms with Crippen molar-refractivity contribution in [1.29, 1.82) is 0 Å². The van der Waals surface area contributed by atoms with E-state index in [1.807, 2.05) is 0 Å². The molecule has 11 heteroatoms. The van der Waals surface area contributed by atoms with E-state index in [2.05, 4.69) is 15.4 Å². The van der Waals surface area contributed by atoms with Crippen LogP contribution in [-0.2, 0) is 14.3 Å². The molecule has 0 bridgehead atoms. The van der Waals surface area contributed by atoms with Crippen molar-refractivity contribution in [2.45, 2.75) is 0 Å². The maximum atomic E-state index is 11.8. The Balaban J connectivity index is 1.80. The third-order valence-corrected chi connectivity index (χ3v) is 3.17. The van der Waals surface area contributed by atoms with Crippen molar-refractivity contribution in [2.75, 3.05) is 18.5 Å². The number of halogens is 1. The Morgan fingerprint density at radius 3 is 2.69 bits per heavy atom. The number of nitro groups is 1. The largest absolute Gasteiger partial charge is 0.459 e. The van der Waals surface area contributed by atoms with Gasteiger partial charge in [0.2, 0.25) is 0 Å². The van der Waals surface area contributed by atoms with E-state index in [1.165, 1.54) is 30.5 Å². The number of rotatable bonds is 7. The summed E-state index contributed by atoms with van der Waals surface area (Å²) in [6.07, 6.45) is 1.30. The second kappa shape index (κ2) is 8.62. The van der Waals surface area contributed by atoms with E-state index in [-0.39, 0.29) is 16.5 Å². The second-order valence-electron chi connectivity index (χ2n) is 4.79. The summed E-state index contributed by atoms with van der Waals surface area (Å²) in [6.45, 7) is -1.16. The third-order valence-electron chi connectivity index (χ3n) is 2.93. The van der Waals surface area contributed by atoms with Crippen LogP contribution >= 0.6 is 11.6 Å². The molecule has 0 radical (unpaired) electrons. The van der Waals surface area contributed by atoms with E-state index < -0.39 is 41.5 Å². The van der Waals surface area contributed by atoms with Gasteiger partial charge in [0.15, 0.2) is 12.4 Å². The zero-order valence-electron chi connectivity index (χ0n) is 13.1. The quantitative estimate of drug-likeness (QED) is 0.422. The fourth-order valence-corrected chi connectivity index (χ4v) is 1.96. The molecule has 2 aromatic rings. The lowest BCUT2D eigenvalue weighted by molar-refractivity contribution is -0.383. The van der Waals surface area contributed by atoms with Crippen molar-refractivity contribution in [1.82, 2.24) is 5.32 Å². The lowest BCUT2D eigenvalue weighted by Crippen LogP contribution is -2.32. The maximum Gasteiger partial charge on any atom is 0.325 e. The summed E-state index contributed by atoms with van der Waals surface area (Å²) in [5, 5.41) is 15.6. The van der Waals surface area contributed by atoms with E-state index in [0.29, 0.717) is 0 Å². The number of carbonyl (C=O) groups is 3. The summed E-state index contributed by atoms with van der Waals surface area (Å²) in [4.78, 5) is 45.0. The Labute approximate surface area is 151 Å². The maximum absolute atomic E-state index is 11.8. The molecule has 1 aromatic carbocycles. The standard InChI is InChI=1S/C15H12ClN3O7/c16-9-3-4-10(11(6-9)19(23)24)18-13(20)8-26-14(21)7-17-15(22)12-2-1-5-25-12/h1-6H,7-8H2,(H,17,22)(H,18,20). The summed E-state index contributed by atoms with van der Waals surface area (Å²) in [5.74, 6) is -2.26. The first-order valence-electron chi connectivity index (χ1n) is 7.08. The van der Waals surface area contributed by atoms with Gasteiger partial charge in [-0.3, -0.25) is 24.5 Å². The first kappa shape index (κ1) is 18.9. The number of hydrogen-bond donors (Lipinski definition) is 2. The zero-order chi connectivity index (χ0) is 19.1. The van der Waals surface area contributed by atoms with Crippen molar-refractivity contribution in [2.24, 2.45) is 0 Å². The molecule has 2 rings (SSSR count). The van der Waals surface area contributed by atoms with E-state index in [1.54, 1.807) is 0 Å². The fourth-order valence-electron chi connectivity index (χ4n) is 1.79. The van der Waals surface area contributed by atoms with Crippen LogP contribution in [0.25, 0.3) is 0 Å². The first-order valence-corrected chi connectivity index (χ1v) is 7.45. The molecule has 0 atom stereocenters. The smallest absolute Gasteiger partial charge is 0.325 e. The Hall–Kier alpha value is -3.40. The number of carbonyl (C=O) groups excluding carboxylic acids is 3. The molecular formula is C15H12ClN3O7. The average molecular weight is 382 g/mol. The molecule has 26 heavy (non-hydrogen) atoms. The number of amides is 2. The van der Waals surface area contributed by atoms with E-state index in [4.69, 9.17) is 16.0 Å². The molecule has 0 aliphatic rings. The van der Waals surface area contributed by atoms with Gasteiger partial charge in [-0.25, -0.2) is 0 Å². The van der Waals surface area contributed by atoms with Gasteiger partial charge in [0.25, 0.3) is 17.5 Å². The fraction of sp³-hybridized carbons (Fsp3) is 0.133. The summed E-state index contributed by atoms with van der Waals surface area (Å²) >= 11 is 5.67. The number of nitro benzene ring substituents is 1. The van der Waals surface area contributed by atoms with E-state index in [9.17, 15) is 24.5 Å². The van der Waals surface area contributed by atoms with Crippen molar-refractivity contribution in [3.05, 3.63) is 57.5 Å². The molecule has 0 fully saturated rings. The van der Waals surface area contributed by atoms with Gasteiger partial charge in [0, 0.05) is 11.1 Å². The van der Waals surface area contributed by atoms with Crippen molar-refractivity contribution in [3.8, 4) is 0 Å². The van der Waals surface area contributed by atoms with Gasteiger partial charge in [-0.05, 0) is 24.3 Å². The number of nitrogens with one attached hydrogen (secondary N) is 2. The second-order valence-corrected chi connectivity index (χ2v) is 5.22. The van der Waals surface area contributed by atoms with Gasteiger partial charge in [0.1, 0.15) is 12.2 Å². The van der Waals surface area contributed by atoms with Crippen molar-refractivity contribution < 1.29 is 28.5 Å². The summed E-state index contributed by atoms with van der Waals surface area (Å²) in [5.41, 5.74) is -0.491. The van der Waals surface area contributed by atoms with Crippen LogP contribution in [0, 0.1) is 10.1 Å². The summed E-state index contributed by atoms with van der Waals surface area (Å²) in [6, 6.07) is 6.61. The molecule has 10 nitrogen and oxygen atoms in total. The third kappa shape index (κ3) is 5.31. The van der Waals surface area contributed by atoms with Gasteiger partial charge in [-0.2, -0.15) is 0 Å². The Kier molecular flexibility index (Phi) is 6.28. The number of anilines is 1. The van der Waals surface area contributed by atoms with Gasteiger partial charge in [-0.15, -0.1) is 0 Å². The van der Waals surface area contributed by atoms with E-state index >= 15 is 0 Å². The van der Waals surface area contributed by atoms with Crippen molar-refractivity contribution in [3.63, 3.8) is 0 Å². The van der Waals surface area contributed by atoms with Crippen LogP contribution in [0.2, 0.25) is 5.02 Å². The molecule has 1 aromatic heterocycles. The summed E-state index contributed by atoms with van der Waals surface area (Å²) in [7, 11) is 0. The van der Waals surface area contributed by atoms with Crippen molar-refractivity contribution >= 4 is 40.8 Å².